The van der Waals surface area contributed by atoms with Crippen molar-refractivity contribution in [2.75, 3.05) is 0 Å². The highest BCUT2D eigenvalue weighted by molar-refractivity contribution is 8.00. The molecule has 1 atom stereocenters. The molecule has 8 nitrogen and oxygen atoms in total. The lowest BCUT2D eigenvalue weighted by Crippen LogP contribution is -2.39. The summed E-state index contributed by atoms with van der Waals surface area (Å²) in [4.78, 5) is 26.9. The first-order valence-electron chi connectivity index (χ1n) is 8.19. The Bertz CT molecular complexity index is 930. The third-order valence-electron chi connectivity index (χ3n) is 3.74. The third kappa shape index (κ3) is 4.70. The van der Waals surface area contributed by atoms with Gasteiger partial charge in [0.15, 0.2) is 11.0 Å². The Labute approximate surface area is 160 Å². The number of aromatic nitrogens is 4. The van der Waals surface area contributed by atoms with Gasteiger partial charge in [0.1, 0.15) is 0 Å². The van der Waals surface area contributed by atoms with Crippen molar-refractivity contribution in [1.82, 2.24) is 25.1 Å². The van der Waals surface area contributed by atoms with Gasteiger partial charge >= 0.3 is 6.03 Å². The molecule has 0 unspecified atom stereocenters. The van der Waals surface area contributed by atoms with Crippen molar-refractivity contribution in [1.29, 1.82) is 0 Å². The summed E-state index contributed by atoms with van der Waals surface area (Å²) in [6.07, 6.45) is 3.37. The van der Waals surface area contributed by atoms with Crippen molar-refractivity contribution in [2.24, 2.45) is 5.73 Å². The first kappa shape index (κ1) is 18.6. The molecule has 0 aliphatic heterocycles. The molecule has 9 heteroatoms. The number of carbonyl (C=O) groups excluding carboxylic acids is 2. The van der Waals surface area contributed by atoms with Crippen molar-refractivity contribution in [3.8, 4) is 11.4 Å². The second kappa shape index (κ2) is 8.45. The highest BCUT2D eigenvalue weighted by Gasteiger charge is 2.21. The van der Waals surface area contributed by atoms with Gasteiger partial charge in [-0.05, 0) is 24.6 Å². The van der Waals surface area contributed by atoms with E-state index in [9.17, 15) is 9.59 Å². The molecule has 0 aliphatic carbocycles. The highest BCUT2D eigenvalue weighted by atomic mass is 32.2. The van der Waals surface area contributed by atoms with Crippen LogP contribution in [0.4, 0.5) is 4.79 Å². The third-order valence-corrected chi connectivity index (χ3v) is 4.82. The minimum Gasteiger partial charge on any atom is -0.351 e. The number of benzene rings is 1. The Morgan fingerprint density at radius 1 is 1.15 bits per heavy atom. The second-order valence-electron chi connectivity index (χ2n) is 5.73. The maximum absolute atomic E-state index is 12.0. The van der Waals surface area contributed by atoms with Gasteiger partial charge in [-0.3, -0.25) is 19.7 Å². The lowest BCUT2D eigenvalue weighted by Gasteiger charge is -2.13. The van der Waals surface area contributed by atoms with Gasteiger partial charge in [0.25, 0.3) is 0 Å². The molecule has 2 aromatic heterocycles. The zero-order valence-corrected chi connectivity index (χ0v) is 15.4. The highest BCUT2D eigenvalue weighted by Crippen LogP contribution is 2.27. The van der Waals surface area contributed by atoms with Crippen LogP contribution in [0.2, 0.25) is 0 Å². The number of urea groups is 1. The van der Waals surface area contributed by atoms with Gasteiger partial charge in [0.05, 0.1) is 11.8 Å². The van der Waals surface area contributed by atoms with Crippen LogP contribution in [0.5, 0.6) is 0 Å². The fraction of sp³-hybridized carbons (Fsp3) is 0.167. The number of hydrogen-bond acceptors (Lipinski definition) is 6. The number of rotatable bonds is 6. The van der Waals surface area contributed by atoms with E-state index in [1.54, 1.807) is 19.3 Å². The Morgan fingerprint density at radius 2 is 1.85 bits per heavy atom. The maximum atomic E-state index is 12.0. The molecule has 3 aromatic rings. The molecule has 0 aliphatic rings. The van der Waals surface area contributed by atoms with Gasteiger partial charge in [-0.1, -0.05) is 42.1 Å². The molecule has 1 aromatic carbocycles. The number of hydrogen-bond donors (Lipinski definition) is 2. The van der Waals surface area contributed by atoms with E-state index < -0.39 is 17.2 Å². The van der Waals surface area contributed by atoms with E-state index in [1.807, 2.05) is 47.0 Å². The molecule has 138 valence electrons. The van der Waals surface area contributed by atoms with Crippen LogP contribution in [-0.4, -0.2) is 36.9 Å². The van der Waals surface area contributed by atoms with Crippen LogP contribution in [0.15, 0.2) is 60.0 Å². The normalized spacial score (nSPS) is 11.7. The number of nitrogens with zero attached hydrogens (tertiary/aromatic N) is 4. The van der Waals surface area contributed by atoms with E-state index in [-0.39, 0.29) is 0 Å². The summed E-state index contributed by atoms with van der Waals surface area (Å²) in [5.74, 6) is 0.193. The number of nitrogens with two attached hydrogens (primary N) is 1. The molecule has 0 saturated heterocycles. The molecule has 0 fully saturated rings. The van der Waals surface area contributed by atoms with Crippen LogP contribution in [0, 0.1) is 0 Å². The van der Waals surface area contributed by atoms with Gasteiger partial charge in [-0.2, -0.15) is 0 Å². The summed E-state index contributed by atoms with van der Waals surface area (Å²) in [5.41, 5.74) is 6.96. The number of carbonyl (C=O) groups is 2. The monoisotopic (exact) mass is 382 g/mol. The quantitative estimate of drug-likeness (QED) is 0.631. The van der Waals surface area contributed by atoms with E-state index in [1.165, 1.54) is 11.8 Å². The number of pyridine rings is 1. The predicted octanol–water partition coefficient (Wildman–Crippen LogP) is 2.06. The Balaban J connectivity index is 1.92. The smallest absolute Gasteiger partial charge is 0.318 e. The summed E-state index contributed by atoms with van der Waals surface area (Å²) in [7, 11) is 0. The van der Waals surface area contributed by atoms with Crippen molar-refractivity contribution >= 4 is 23.7 Å². The minimum atomic E-state index is -0.879. The van der Waals surface area contributed by atoms with E-state index in [4.69, 9.17) is 5.73 Å². The van der Waals surface area contributed by atoms with Crippen LogP contribution in [0.25, 0.3) is 11.4 Å². The van der Waals surface area contributed by atoms with Gasteiger partial charge < -0.3 is 5.73 Å². The molecule has 3 amide bonds. The lowest BCUT2D eigenvalue weighted by molar-refractivity contribution is -0.119. The Morgan fingerprint density at radius 3 is 2.52 bits per heavy atom. The van der Waals surface area contributed by atoms with Crippen molar-refractivity contribution < 1.29 is 9.59 Å². The SMILES string of the molecule is C[C@H](Sc1nnc(-c2ccncc2)n1Cc1ccccc1)C(=O)NC(N)=O. The number of thioether (sulfide) groups is 1. The first-order chi connectivity index (χ1) is 13.0. The topological polar surface area (TPSA) is 116 Å². The molecular formula is C18H18N6O2S. The average Bonchev–Trinajstić information content (AvgIpc) is 3.05. The standard InChI is InChI=1S/C18H18N6O2S/c1-12(16(25)21-17(19)26)27-18-23-22-15(14-7-9-20-10-8-14)24(18)11-13-5-3-2-4-6-13/h2-10,12H,11H2,1H3,(H3,19,21,25,26)/t12-/m0/s1. The van der Waals surface area contributed by atoms with Gasteiger partial charge in [0, 0.05) is 18.0 Å². The zero-order chi connectivity index (χ0) is 19.2. The van der Waals surface area contributed by atoms with Gasteiger partial charge in [0.2, 0.25) is 5.91 Å². The lowest BCUT2D eigenvalue weighted by atomic mass is 10.2. The zero-order valence-electron chi connectivity index (χ0n) is 14.6. The molecule has 3 rings (SSSR count). The predicted molar refractivity (Wildman–Crippen MR) is 102 cm³/mol. The van der Waals surface area contributed by atoms with E-state index in [0.29, 0.717) is 17.5 Å². The van der Waals surface area contributed by atoms with Crippen LogP contribution in [-0.2, 0) is 11.3 Å². The van der Waals surface area contributed by atoms with Gasteiger partial charge in [-0.15, -0.1) is 10.2 Å². The molecule has 0 radical (unpaired) electrons. The molecular weight excluding hydrogens is 364 g/mol. The Kier molecular flexibility index (Phi) is 5.82. The molecule has 0 saturated carbocycles. The minimum absolute atomic E-state index is 0.479. The van der Waals surface area contributed by atoms with Crippen molar-refractivity contribution in [3.05, 3.63) is 60.4 Å². The second-order valence-corrected chi connectivity index (χ2v) is 7.04. The van der Waals surface area contributed by atoms with E-state index in [0.717, 1.165) is 11.1 Å². The van der Waals surface area contributed by atoms with E-state index >= 15 is 0 Å². The van der Waals surface area contributed by atoms with E-state index in [2.05, 4.69) is 20.5 Å². The fourth-order valence-electron chi connectivity index (χ4n) is 2.43. The summed E-state index contributed by atoms with van der Waals surface area (Å²) in [5, 5.41) is 10.6. The summed E-state index contributed by atoms with van der Waals surface area (Å²) >= 11 is 1.21. The first-order valence-corrected chi connectivity index (χ1v) is 9.07. The summed E-state index contributed by atoms with van der Waals surface area (Å²) in [6, 6.07) is 12.7. The maximum Gasteiger partial charge on any atom is 0.318 e. The molecule has 2 heterocycles. The molecule has 3 N–H and O–H groups in total. The molecule has 0 spiro atoms. The van der Waals surface area contributed by atoms with Crippen molar-refractivity contribution in [2.45, 2.75) is 23.9 Å². The summed E-state index contributed by atoms with van der Waals surface area (Å²) in [6.45, 7) is 2.22. The van der Waals surface area contributed by atoms with Crippen LogP contribution < -0.4 is 11.1 Å². The van der Waals surface area contributed by atoms with Crippen molar-refractivity contribution in [3.63, 3.8) is 0 Å². The summed E-state index contributed by atoms with van der Waals surface area (Å²) < 4.78 is 1.93. The number of nitrogens with one attached hydrogen (secondary N) is 1. The molecule has 0 bridgehead atoms. The largest absolute Gasteiger partial charge is 0.351 e. The van der Waals surface area contributed by atoms with Crippen LogP contribution in [0.1, 0.15) is 12.5 Å². The Hall–Kier alpha value is -3.20. The van der Waals surface area contributed by atoms with Gasteiger partial charge in [-0.25, -0.2) is 4.79 Å². The number of primary amides is 1. The molecule has 27 heavy (non-hydrogen) atoms. The fourth-order valence-corrected chi connectivity index (χ4v) is 3.28. The van der Waals surface area contributed by atoms with Crippen LogP contribution >= 0.6 is 11.8 Å². The number of imide groups is 1. The average molecular weight is 382 g/mol. The van der Waals surface area contributed by atoms with Crippen LogP contribution in [0.3, 0.4) is 0 Å². The number of amides is 3.